The Morgan fingerprint density at radius 3 is 2.76 bits per heavy atom. The molecule has 0 saturated carbocycles. The first-order valence-corrected chi connectivity index (χ1v) is 6.10. The van der Waals surface area contributed by atoms with Crippen molar-refractivity contribution in [2.24, 2.45) is 0 Å². The molecular weight excluding hydrogens is 214 g/mol. The Bertz CT molecular complexity index is 341. The van der Waals surface area contributed by atoms with Crippen molar-refractivity contribution in [2.45, 2.75) is 32.9 Å². The third kappa shape index (κ3) is 4.71. The number of rotatable bonds is 7. The number of anilines is 1. The van der Waals surface area contributed by atoms with Gasteiger partial charge < -0.3 is 15.4 Å². The minimum absolute atomic E-state index is 0.190. The van der Waals surface area contributed by atoms with Crippen molar-refractivity contribution in [1.29, 1.82) is 0 Å². The molecule has 2 N–H and O–H groups in total. The number of ether oxygens (including phenoxy) is 1. The summed E-state index contributed by atoms with van der Waals surface area (Å²) in [5.41, 5.74) is 2.37. The van der Waals surface area contributed by atoms with Gasteiger partial charge in [0.05, 0.1) is 6.10 Å². The second kappa shape index (κ2) is 7.25. The molecule has 0 bridgehead atoms. The van der Waals surface area contributed by atoms with Crippen molar-refractivity contribution in [3.63, 3.8) is 0 Å². The molecule has 17 heavy (non-hydrogen) atoms. The van der Waals surface area contributed by atoms with Crippen molar-refractivity contribution in [3.05, 3.63) is 23.4 Å². The lowest BCUT2D eigenvalue weighted by atomic mass is 10.2. The highest BCUT2D eigenvalue weighted by Gasteiger charge is 2.03. The van der Waals surface area contributed by atoms with E-state index in [1.54, 1.807) is 7.11 Å². The molecule has 0 spiro atoms. The van der Waals surface area contributed by atoms with Crippen molar-refractivity contribution in [1.82, 2.24) is 10.3 Å². The molecule has 1 heterocycles. The van der Waals surface area contributed by atoms with E-state index in [4.69, 9.17) is 4.74 Å². The first-order chi connectivity index (χ1) is 8.19. The molecule has 96 valence electrons. The summed E-state index contributed by atoms with van der Waals surface area (Å²) in [7, 11) is 3.67. The number of pyridine rings is 1. The maximum Gasteiger partial charge on any atom is 0.126 e. The van der Waals surface area contributed by atoms with E-state index >= 15 is 0 Å². The zero-order valence-corrected chi connectivity index (χ0v) is 11.2. The van der Waals surface area contributed by atoms with Gasteiger partial charge in [0.1, 0.15) is 5.82 Å². The highest BCUT2D eigenvalue weighted by Crippen LogP contribution is 2.11. The summed E-state index contributed by atoms with van der Waals surface area (Å²) in [5.74, 6) is 0.929. The monoisotopic (exact) mass is 237 g/mol. The molecule has 1 unspecified atom stereocenters. The molecule has 0 fully saturated rings. The van der Waals surface area contributed by atoms with Gasteiger partial charge in [0.2, 0.25) is 0 Å². The van der Waals surface area contributed by atoms with Crippen LogP contribution in [-0.4, -0.2) is 31.8 Å². The lowest BCUT2D eigenvalue weighted by Gasteiger charge is -2.13. The second-order valence-electron chi connectivity index (χ2n) is 4.16. The average molecular weight is 237 g/mol. The Morgan fingerprint density at radius 2 is 2.18 bits per heavy atom. The lowest BCUT2D eigenvalue weighted by Crippen LogP contribution is -2.19. The topological polar surface area (TPSA) is 46.2 Å². The summed E-state index contributed by atoms with van der Waals surface area (Å²) < 4.78 is 5.20. The fourth-order valence-electron chi connectivity index (χ4n) is 1.56. The van der Waals surface area contributed by atoms with Crippen LogP contribution in [0.4, 0.5) is 5.82 Å². The van der Waals surface area contributed by atoms with E-state index in [1.807, 2.05) is 14.0 Å². The Kier molecular flexibility index (Phi) is 5.94. The van der Waals surface area contributed by atoms with E-state index in [0.29, 0.717) is 0 Å². The van der Waals surface area contributed by atoms with E-state index in [0.717, 1.165) is 31.0 Å². The van der Waals surface area contributed by atoms with Gasteiger partial charge in [-0.15, -0.1) is 0 Å². The molecule has 1 rings (SSSR count). The van der Waals surface area contributed by atoms with Gasteiger partial charge in [0.15, 0.2) is 0 Å². The van der Waals surface area contributed by atoms with Gasteiger partial charge in [-0.1, -0.05) is 6.92 Å². The molecule has 0 aromatic carbocycles. The number of aryl methyl sites for hydroxylation is 1. The van der Waals surface area contributed by atoms with Crippen LogP contribution < -0.4 is 10.6 Å². The van der Waals surface area contributed by atoms with Gasteiger partial charge in [0, 0.05) is 25.9 Å². The Labute approximate surface area is 104 Å². The van der Waals surface area contributed by atoms with Gasteiger partial charge in [-0.2, -0.15) is 0 Å². The smallest absolute Gasteiger partial charge is 0.126 e. The van der Waals surface area contributed by atoms with Gasteiger partial charge in [-0.25, -0.2) is 4.98 Å². The van der Waals surface area contributed by atoms with Crippen LogP contribution >= 0.6 is 0 Å². The van der Waals surface area contributed by atoms with Crippen molar-refractivity contribution >= 4 is 5.82 Å². The lowest BCUT2D eigenvalue weighted by molar-refractivity contribution is 0.128. The number of methoxy groups -OCH3 is 1. The predicted octanol–water partition coefficient (Wildman–Crippen LogP) is 1.81. The third-order valence-electron chi connectivity index (χ3n) is 2.65. The molecule has 0 radical (unpaired) electrons. The highest BCUT2D eigenvalue weighted by atomic mass is 16.5. The zero-order chi connectivity index (χ0) is 12.7. The highest BCUT2D eigenvalue weighted by molar-refractivity contribution is 5.40. The summed E-state index contributed by atoms with van der Waals surface area (Å²) in [5, 5.41) is 6.46. The van der Waals surface area contributed by atoms with Crippen LogP contribution in [0.15, 0.2) is 12.1 Å². The van der Waals surface area contributed by atoms with Crippen molar-refractivity contribution in [2.75, 3.05) is 26.0 Å². The van der Waals surface area contributed by atoms with E-state index in [2.05, 4.69) is 34.7 Å². The Balaban J connectivity index is 2.72. The SMILES string of the molecule is CCc1cc(CNC)cc(NCC(C)OC)n1. The summed E-state index contributed by atoms with van der Waals surface area (Å²) in [4.78, 5) is 4.55. The van der Waals surface area contributed by atoms with Crippen molar-refractivity contribution in [3.8, 4) is 0 Å². The summed E-state index contributed by atoms with van der Waals surface area (Å²) in [6, 6.07) is 4.22. The fraction of sp³-hybridized carbons (Fsp3) is 0.615. The molecule has 1 aromatic rings. The number of hydrogen-bond acceptors (Lipinski definition) is 4. The summed E-state index contributed by atoms with van der Waals surface area (Å²) in [6.45, 7) is 5.79. The van der Waals surface area contributed by atoms with E-state index in [9.17, 15) is 0 Å². The maximum absolute atomic E-state index is 5.20. The Hall–Kier alpha value is -1.13. The van der Waals surface area contributed by atoms with Crippen LogP contribution in [0.2, 0.25) is 0 Å². The predicted molar refractivity (Wildman–Crippen MR) is 71.3 cm³/mol. The quantitative estimate of drug-likeness (QED) is 0.759. The first kappa shape index (κ1) is 13.9. The molecular formula is C13H23N3O. The minimum Gasteiger partial charge on any atom is -0.380 e. The number of nitrogens with one attached hydrogen (secondary N) is 2. The minimum atomic E-state index is 0.190. The standard InChI is InChI=1S/C13H23N3O/c1-5-12-6-11(9-14-3)7-13(16-12)15-8-10(2)17-4/h6-7,10,14H,5,8-9H2,1-4H3,(H,15,16). The summed E-state index contributed by atoms with van der Waals surface area (Å²) >= 11 is 0. The zero-order valence-electron chi connectivity index (χ0n) is 11.2. The largest absolute Gasteiger partial charge is 0.380 e. The van der Waals surface area contributed by atoms with Crippen LogP contribution in [0.1, 0.15) is 25.1 Å². The van der Waals surface area contributed by atoms with Crippen LogP contribution in [0.5, 0.6) is 0 Å². The van der Waals surface area contributed by atoms with Gasteiger partial charge in [-0.05, 0) is 38.1 Å². The van der Waals surface area contributed by atoms with Gasteiger partial charge in [0.25, 0.3) is 0 Å². The van der Waals surface area contributed by atoms with Crippen molar-refractivity contribution < 1.29 is 4.74 Å². The van der Waals surface area contributed by atoms with Crippen LogP contribution in [0.25, 0.3) is 0 Å². The number of nitrogens with zero attached hydrogens (tertiary/aromatic N) is 1. The van der Waals surface area contributed by atoms with Crippen LogP contribution in [-0.2, 0) is 17.7 Å². The molecule has 0 aliphatic heterocycles. The van der Waals surface area contributed by atoms with E-state index < -0.39 is 0 Å². The molecule has 0 amide bonds. The van der Waals surface area contributed by atoms with Crippen LogP contribution in [0, 0.1) is 0 Å². The molecule has 0 aliphatic carbocycles. The normalized spacial score (nSPS) is 12.5. The second-order valence-corrected chi connectivity index (χ2v) is 4.16. The summed E-state index contributed by atoms with van der Waals surface area (Å²) in [6.07, 6.45) is 1.14. The molecule has 1 aromatic heterocycles. The van der Waals surface area contributed by atoms with E-state index in [1.165, 1.54) is 5.56 Å². The first-order valence-electron chi connectivity index (χ1n) is 6.10. The molecule has 1 atom stereocenters. The maximum atomic E-state index is 5.20. The molecule has 4 nitrogen and oxygen atoms in total. The van der Waals surface area contributed by atoms with Crippen LogP contribution in [0.3, 0.4) is 0 Å². The van der Waals surface area contributed by atoms with Gasteiger partial charge in [-0.3, -0.25) is 0 Å². The number of hydrogen-bond donors (Lipinski definition) is 2. The third-order valence-corrected chi connectivity index (χ3v) is 2.65. The Morgan fingerprint density at radius 1 is 1.41 bits per heavy atom. The average Bonchev–Trinajstić information content (AvgIpc) is 2.36. The molecule has 0 aliphatic rings. The molecule has 4 heteroatoms. The van der Waals surface area contributed by atoms with E-state index in [-0.39, 0.29) is 6.10 Å². The van der Waals surface area contributed by atoms with Gasteiger partial charge >= 0.3 is 0 Å². The molecule has 0 saturated heterocycles. The number of aromatic nitrogens is 1. The fourth-order valence-corrected chi connectivity index (χ4v) is 1.56.